The first-order chi connectivity index (χ1) is 11.2. The van der Waals surface area contributed by atoms with Gasteiger partial charge >= 0.3 is 0 Å². The van der Waals surface area contributed by atoms with Crippen LogP contribution in [-0.2, 0) is 4.79 Å². The maximum atomic E-state index is 12.6. The molecule has 1 N–H and O–H groups in total. The Kier molecular flexibility index (Phi) is 3.71. The van der Waals surface area contributed by atoms with Crippen LogP contribution in [0.4, 0.5) is 11.4 Å². The highest BCUT2D eigenvalue weighted by Crippen LogP contribution is 2.36. The van der Waals surface area contributed by atoms with Crippen LogP contribution in [0.2, 0.25) is 0 Å². The first kappa shape index (κ1) is 14.5. The minimum absolute atomic E-state index is 0.0418. The molecule has 2 fully saturated rings. The van der Waals surface area contributed by atoms with E-state index in [0.717, 1.165) is 63.1 Å². The molecule has 2 saturated heterocycles. The molecule has 3 heterocycles. The second-order valence-electron chi connectivity index (χ2n) is 6.78. The van der Waals surface area contributed by atoms with Gasteiger partial charge < -0.3 is 15.1 Å². The summed E-state index contributed by atoms with van der Waals surface area (Å²) in [6, 6.07) is 5.73. The summed E-state index contributed by atoms with van der Waals surface area (Å²) in [7, 11) is 0. The average Bonchev–Trinajstić information content (AvgIpc) is 2.61. The fourth-order valence-corrected chi connectivity index (χ4v) is 4.01. The van der Waals surface area contributed by atoms with Crippen LogP contribution < -0.4 is 10.2 Å². The molecule has 0 saturated carbocycles. The molecule has 0 aromatic heterocycles. The number of hydrogen-bond acceptors (Lipinski definition) is 3. The Hall–Kier alpha value is -2.04. The summed E-state index contributed by atoms with van der Waals surface area (Å²) in [5.74, 6) is 0.155. The number of hydrogen-bond donors (Lipinski definition) is 1. The van der Waals surface area contributed by atoms with Crippen LogP contribution in [0, 0.1) is 0 Å². The zero-order valence-corrected chi connectivity index (χ0v) is 13.4. The largest absolute Gasteiger partial charge is 0.358 e. The van der Waals surface area contributed by atoms with Gasteiger partial charge in [-0.15, -0.1) is 0 Å². The number of likely N-dealkylation sites (tertiary alicyclic amines) is 1. The second kappa shape index (κ2) is 5.87. The summed E-state index contributed by atoms with van der Waals surface area (Å²) in [6.45, 7) is 2.61. The predicted octanol–water partition coefficient (Wildman–Crippen LogP) is 2.62. The lowest BCUT2D eigenvalue weighted by Gasteiger charge is -2.41. The third-order valence-corrected chi connectivity index (χ3v) is 5.26. The Balaban J connectivity index is 1.62. The molecule has 4 rings (SSSR count). The molecule has 23 heavy (non-hydrogen) atoms. The van der Waals surface area contributed by atoms with E-state index in [-0.39, 0.29) is 17.9 Å². The lowest BCUT2D eigenvalue weighted by Crippen LogP contribution is -2.50. The molecule has 3 aliphatic heterocycles. The van der Waals surface area contributed by atoms with Gasteiger partial charge in [0.05, 0.1) is 11.4 Å². The molecular formula is C18H23N3O2. The van der Waals surface area contributed by atoms with Crippen LogP contribution in [0.3, 0.4) is 0 Å². The first-order valence-electron chi connectivity index (χ1n) is 8.75. The number of amides is 2. The van der Waals surface area contributed by atoms with Gasteiger partial charge in [0.25, 0.3) is 5.91 Å². The molecule has 1 aromatic carbocycles. The van der Waals surface area contributed by atoms with E-state index in [2.05, 4.69) is 10.2 Å². The van der Waals surface area contributed by atoms with Crippen LogP contribution in [0.5, 0.6) is 0 Å². The van der Waals surface area contributed by atoms with Gasteiger partial charge in [0.2, 0.25) is 5.91 Å². The number of anilines is 2. The molecule has 0 bridgehead atoms. The molecule has 2 amide bonds. The van der Waals surface area contributed by atoms with E-state index >= 15 is 0 Å². The number of benzene rings is 1. The number of nitrogens with zero attached hydrogens (tertiary/aromatic N) is 2. The van der Waals surface area contributed by atoms with Gasteiger partial charge in [-0.3, -0.25) is 9.59 Å². The minimum atomic E-state index is -0.0418. The van der Waals surface area contributed by atoms with Crippen molar-refractivity contribution in [3.8, 4) is 0 Å². The molecule has 0 spiro atoms. The molecule has 5 nitrogen and oxygen atoms in total. The topological polar surface area (TPSA) is 52.7 Å². The molecule has 5 heteroatoms. The number of piperidine rings is 2. The average molecular weight is 313 g/mol. The summed E-state index contributed by atoms with van der Waals surface area (Å²) in [4.78, 5) is 29.1. The van der Waals surface area contributed by atoms with Crippen molar-refractivity contribution in [3.05, 3.63) is 23.8 Å². The van der Waals surface area contributed by atoms with Crippen molar-refractivity contribution in [1.29, 1.82) is 0 Å². The van der Waals surface area contributed by atoms with Gasteiger partial charge in [-0.25, -0.2) is 0 Å². The normalized spacial score (nSPS) is 23.8. The maximum absolute atomic E-state index is 12.6. The lowest BCUT2D eigenvalue weighted by atomic mass is 9.96. The maximum Gasteiger partial charge on any atom is 0.253 e. The fraction of sp³-hybridized carbons (Fsp3) is 0.556. The third kappa shape index (κ3) is 2.58. The second-order valence-corrected chi connectivity index (χ2v) is 6.78. The molecule has 0 unspecified atom stereocenters. The molecule has 3 aliphatic rings. The quantitative estimate of drug-likeness (QED) is 0.867. The number of nitrogens with one attached hydrogen (secondary N) is 1. The summed E-state index contributed by atoms with van der Waals surface area (Å²) in [5, 5.41) is 3.01. The van der Waals surface area contributed by atoms with Crippen LogP contribution in [-0.4, -0.2) is 42.4 Å². The van der Waals surface area contributed by atoms with E-state index in [9.17, 15) is 9.59 Å². The van der Waals surface area contributed by atoms with Crippen molar-refractivity contribution in [1.82, 2.24) is 4.90 Å². The number of carbonyl (C=O) groups is 2. The Labute approximate surface area is 136 Å². The van der Waals surface area contributed by atoms with Crippen LogP contribution in [0.15, 0.2) is 18.2 Å². The molecule has 1 atom stereocenters. The SMILES string of the molecule is O=C1Nc2cc(C(=O)N3CCCCC3)ccc2N2CCCC[C@H]12. The van der Waals surface area contributed by atoms with Crippen LogP contribution in [0.25, 0.3) is 0 Å². The number of fused-ring (bicyclic) bond motifs is 3. The van der Waals surface area contributed by atoms with Gasteiger partial charge in [-0.1, -0.05) is 0 Å². The van der Waals surface area contributed by atoms with Crippen LogP contribution in [0.1, 0.15) is 48.9 Å². The predicted molar refractivity (Wildman–Crippen MR) is 89.8 cm³/mol. The highest BCUT2D eigenvalue weighted by atomic mass is 16.2. The zero-order valence-electron chi connectivity index (χ0n) is 13.4. The van der Waals surface area contributed by atoms with Crippen molar-refractivity contribution in [2.45, 2.75) is 44.6 Å². The molecule has 0 aliphatic carbocycles. The van der Waals surface area contributed by atoms with Crippen LogP contribution >= 0.6 is 0 Å². The van der Waals surface area contributed by atoms with Gasteiger partial charge in [-0.2, -0.15) is 0 Å². The Morgan fingerprint density at radius 3 is 2.65 bits per heavy atom. The number of carbonyl (C=O) groups excluding carboxylic acids is 2. The van der Waals surface area contributed by atoms with E-state index in [1.54, 1.807) is 0 Å². The van der Waals surface area contributed by atoms with Crippen molar-refractivity contribution < 1.29 is 9.59 Å². The van der Waals surface area contributed by atoms with E-state index in [4.69, 9.17) is 0 Å². The van der Waals surface area contributed by atoms with Crippen molar-refractivity contribution in [3.63, 3.8) is 0 Å². The highest BCUT2D eigenvalue weighted by molar-refractivity contribution is 6.05. The number of rotatable bonds is 1. The zero-order chi connectivity index (χ0) is 15.8. The lowest BCUT2D eigenvalue weighted by molar-refractivity contribution is -0.118. The van der Waals surface area contributed by atoms with Crippen molar-refractivity contribution in [2.24, 2.45) is 0 Å². The van der Waals surface area contributed by atoms with Crippen molar-refractivity contribution >= 4 is 23.2 Å². The van der Waals surface area contributed by atoms with Gasteiger partial charge in [-0.05, 0) is 56.7 Å². The van der Waals surface area contributed by atoms with Gasteiger partial charge in [0.1, 0.15) is 6.04 Å². The summed E-state index contributed by atoms with van der Waals surface area (Å²) in [5.41, 5.74) is 2.53. The first-order valence-corrected chi connectivity index (χ1v) is 8.75. The molecule has 0 radical (unpaired) electrons. The van der Waals surface area contributed by atoms with Gasteiger partial charge in [0, 0.05) is 25.2 Å². The monoisotopic (exact) mass is 313 g/mol. The van der Waals surface area contributed by atoms with Gasteiger partial charge in [0.15, 0.2) is 0 Å². The fourth-order valence-electron chi connectivity index (χ4n) is 4.01. The molecular weight excluding hydrogens is 290 g/mol. The van der Waals surface area contributed by atoms with E-state index in [1.807, 2.05) is 23.1 Å². The standard InChI is InChI=1S/C18H23N3O2/c22-17-16-6-2-5-11-21(16)15-8-7-13(12-14(15)19-17)18(23)20-9-3-1-4-10-20/h7-8,12,16H,1-6,9-11H2,(H,19,22)/t16-/m1/s1. The van der Waals surface area contributed by atoms with E-state index in [0.29, 0.717) is 5.56 Å². The Morgan fingerprint density at radius 1 is 1.04 bits per heavy atom. The Morgan fingerprint density at radius 2 is 1.83 bits per heavy atom. The Bertz CT molecular complexity index is 637. The minimum Gasteiger partial charge on any atom is -0.358 e. The summed E-state index contributed by atoms with van der Waals surface area (Å²) in [6.07, 6.45) is 6.53. The van der Waals surface area contributed by atoms with E-state index in [1.165, 1.54) is 6.42 Å². The smallest absolute Gasteiger partial charge is 0.253 e. The molecule has 1 aromatic rings. The summed E-state index contributed by atoms with van der Waals surface area (Å²) >= 11 is 0. The van der Waals surface area contributed by atoms with E-state index < -0.39 is 0 Å². The highest BCUT2D eigenvalue weighted by Gasteiger charge is 2.35. The molecule has 122 valence electrons. The third-order valence-electron chi connectivity index (χ3n) is 5.26. The summed E-state index contributed by atoms with van der Waals surface area (Å²) < 4.78 is 0. The van der Waals surface area contributed by atoms with Crippen molar-refractivity contribution in [2.75, 3.05) is 29.9 Å².